The molecule has 0 radical (unpaired) electrons. The molecule has 1 aromatic rings. The Hall–Kier alpha value is -1.55. The van der Waals surface area contributed by atoms with Crippen LogP contribution >= 0.6 is 11.6 Å². The van der Waals surface area contributed by atoms with E-state index in [0.717, 1.165) is 37.7 Å². The number of carboxylic acids is 1. The number of hydrogen-bond acceptors (Lipinski definition) is 2. The maximum Gasteiger partial charge on any atom is 0.326 e. The van der Waals surface area contributed by atoms with Gasteiger partial charge in [-0.15, -0.1) is 0 Å². The minimum Gasteiger partial charge on any atom is -0.480 e. The summed E-state index contributed by atoms with van der Waals surface area (Å²) < 4.78 is 0. The molecule has 1 aromatic carbocycles. The molecule has 1 saturated carbocycles. The molecule has 1 aliphatic carbocycles. The number of carbonyl (C=O) groups excluding carboxylic acids is 1. The summed E-state index contributed by atoms with van der Waals surface area (Å²) >= 11 is 6.06. The number of carbonyl (C=O) groups is 2. The number of benzene rings is 1. The maximum absolute atomic E-state index is 12.3. The van der Waals surface area contributed by atoms with Crippen molar-refractivity contribution in [2.75, 3.05) is 0 Å². The summed E-state index contributed by atoms with van der Waals surface area (Å²) in [4.78, 5) is 23.7. The van der Waals surface area contributed by atoms with Gasteiger partial charge in [0, 0.05) is 0 Å². The lowest BCUT2D eigenvalue weighted by molar-refractivity contribution is -0.141. The van der Waals surface area contributed by atoms with Crippen molar-refractivity contribution in [2.24, 2.45) is 5.92 Å². The lowest BCUT2D eigenvalue weighted by Crippen LogP contribution is -2.46. The van der Waals surface area contributed by atoms with Crippen LogP contribution in [0.15, 0.2) is 18.2 Å². The average Bonchev–Trinajstić information content (AvgIpc) is 2.45. The van der Waals surface area contributed by atoms with Gasteiger partial charge in [-0.1, -0.05) is 36.9 Å². The fourth-order valence-corrected chi connectivity index (χ4v) is 3.19. The van der Waals surface area contributed by atoms with Crippen LogP contribution in [-0.4, -0.2) is 23.0 Å². The highest BCUT2D eigenvalue weighted by molar-refractivity contribution is 6.33. The molecule has 1 unspecified atom stereocenters. The molecular formula is C16H20ClNO3. The van der Waals surface area contributed by atoms with Crippen LogP contribution in [-0.2, 0) is 4.79 Å². The van der Waals surface area contributed by atoms with Crippen LogP contribution in [0.3, 0.4) is 0 Å². The van der Waals surface area contributed by atoms with E-state index >= 15 is 0 Å². The van der Waals surface area contributed by atoms with E-state index in [1.54, 1.807) is 18.2 Å². The van der Waals surface area contributed by atoms with Crippen molar-refractivity contribution in [1.82, 2.24) is 5.32 Å². The number of halogens is 1. The second kappa shape index (κ2) is 6.94. The Morgan fingerprint density at radius 3 is 2.52 bits per heavy atom. The lowest BCUT2D eigenvalue weighted by atomic mass is 9.84. The minimum absolute atomic E-state index is 0.00410. The third-order valence-corrected chi connectivity index (χ3v) is 4.36. The molecule has 0 aromatic heterocycles. The Morgan fingerprint density at radius 1 is 1.29 bits per heavy atom. The van der Waals surface area contributed by atoms with Crippen LogP contribution in [0.5, 0.6) is 0 Å². The zero-order chi connectivity index (χ0) is 15.4. The van der Waals surface area contributed by atoms with E-state index in [-0.39, 0.29) is 5.92 Å². The summed E-state index contributed by atoms with van der Waals surface area (Å²) in [5, 5.41) is 12.4. The van der Waals surface area contributed by atoms with Gasteiger partial charge in [-0.2, -0.15) is 0 Å². The van der Waals surface area contributed by atoms with Gasteiger partial charge in [-0.25, -0.2) is 4.79 Å². The van der Waals surface area contributed by atoms with Crippen LogP contribution in [0.1, 0.15) is 48.0 Å². The molecule has 2 N–H and O–H groups in total. The molecule has 1 atom stereocenters. The number of hydrogen-bond donors (Lipinski definition) is 2. The van der Waals surface area contributed by atoms with Crippen molar-refractivity contribution >= 4 is 23.5 Å². The topological polar surface area (TPSA) is 66.4 Å². The minimum atomic E-state index is -0.974. The third kappa shape index (κ3) is 3.97. The van der Waals surface area contributed by atoms with Crippen LogP contribution in [0.4, 0.5) is 0 Å². The number of aryl methyl sites for hydroxylation is 1. The molecule has 5 heteroatoms. The molecule has 4 nitrogen and oxygen atoms in total. The Labute approximate surface area is 129 Å². The second-order valence-electron chi connectivity index (χ2n) is 5.67. The number of amides is 1. The van der Waals surface area contributed by atoms with Crippen LogP contribution in [0, 0.1) is 12.8 Å². The summed E-state index contributed by atoms with van der Waals surface area (Å²) in [7, 11) is 0. The van der Waals surface area contributed by atoms with Crippen molar-refractivity contribution in [3.8, 4) is 0 Å². The monoisotopic (exact) mass is 309 g/mol. The first-order valence-electron chi connectivity index (χ1n) is 7.29. The Balaban J connectivity index is 2.12. The maximum atomic E-state index is 12.3. The zero-order valence-electron chi connectivity index (χ0n) is 12.1. The van der Waals surface area contributed by atoms with Gasteiger partial charge in [0.2, 0.25) is 0 Å². The normalized spacial score (nSPS) is 17.2. The highest BCUT2D eigenvalue weighted by Gasteiger charge is 2.31. The summed E-state index contributed by atoms with van der Waals surface area (Å²) in [6.45, 7) is 1.88. The highest BCUT2D eigenvalue weighted by Crippen LogP contribution is 2.27. The fraction of sp³-hybridized carbons (Fsp3) is 0.500. The van der Waals surface area contributed by atoms with Crippen molar-refractivity contribution in [3.63, 3.8) is 0 Å². The largest absolute Gasteiger partial charge is 0.480 e. The lowest BCUT2D eigenvalue weighted by Gasteiger charge is -2.28. The van der Waals surface area contributed by atoms with Gasteiger partial charge in [-0.05, 0) is 43.4 Å². The fourth-order valence-electron chi connectivity index (χ4n) is 2.87. The summed E-state index contributed by atoms with van der Waals surface area (Å²) in [6, 6.07) is 4.28. The van der Waals surface area contributed by atoms with E-state index < -0.39 is 17.9 Å². The standard InChI is InChI=1S/C16H20ClNO3/c1-10-7-8-12(13(17)9-10)15(19)18-14(16(20)21)11-5-3-2-4-6-11/h7-9,11,14H,2-6H2,1H3,(H,18,19)(H,20,21). The molecule has 1 amide bonds. The summed E-state index contributed by atoms with van der Waals surface area (Å²) in [5.74, 6) is -1.39. The molecule has 114 valence electrons. The van der Waals surface area contributed by atoms with Gasteiger partial charge in [0.1, 0.15) is 6.04 Å². The Morgan fingerprint density at radius 2 is 1.95 bits per heavy atom. The molecule has 0 spiro atoms. The molecule has 0 aliphatic heterocycles. The number of nitrogens with one attached hydrogen (secondary N) is 1. The van der Waals surface area contributed by atoms with E-state index in [2.05, 4.69) is 5.32 Å². The molecule has 0 saturated heterocycles. The molecule has 21 heavy (non-hydrogen) atoms. The van der Waals surface area contributed by atoms with E-state index in [0.29, 0.717) is 10.6 Å². The first kappa shape index (κ1) is 15.8. The number of carboxylic acid groups (broad SMARTS) is 1. The smallest absolute Gasteiger partial charge is 0.326 e. The first-order chi connectivity index (χ1) is 9.99. The molecule has 0 bridgehead atoms. The van der Waals surface area contributed by atoms with Crippen LogP contribution < -0.4 is 5.32 Å². The van der Waals surface area contributed by atoms with Crippen molar-refractivity contribution in [3.05, 3.63) is 34.3 Å². The van der Waals surface area contributed by atoms with E-state index in [1.807, 2.05) is 6.92 Å². The number of rotatable bonds is 4. The van der Waals surface area contributed by atoms with Gasteiger partial charge in [-0.3, -0.25) is 4.79 Å². The zero-order valence-corrected chi connectivity index (χ0v) is 12.8. The average molecular weight is 310 g/mol. The number of aliphatic carboxylic acids is 1. The van der Waals surface area contributed by atoms with E-state index in [9.17, 15) is 14.7 Å². The van der Waals surface area contributed by atoms with Crippen molar-refractivity contribution in [1.29, 1.82) is 0 Å². The Kier molecular flexibility index (Phi) is 5.23. The van der Waals surface area contributed by atoms with Crippen molar-refractivity contribution in [2.45, 2.75) is 45.1 Å². The van der Waals surface area contributed by atoms with E-state index in [4.69, 9.17) is 11.6 Å². The molecule has 1 fully saturated rings. The molecule has 1 aliphatic rings. The Bertz CT molecular complexity index is 538. The SMILES string of the molecule is Cc1ccc(C(=O)NC(C(=O)O)C2CCCCC2)c(Cl)c1. The first-order valence-corrected chi connectivity index (χ1v) is 7.66. The molecule has 0 heterocycles. The predicted octanol–water partition coefficient (Wildman–Crippen LogP) is 3.41. The van der Waals surface area contributed by atoms with Gasteiger partial charge in [0.25, 0.3) is 5.91 Å². The van der Waals surface area contributed by atoms with Crippen molar-refractivity contribution < 1.29 is 14.7 Å². The molecular weight excluding hydrogens is 290 g/mol. The van der Waals surface area contributed by atoms with Gasteiger partial charge < -0.3 is 10.4 Å². The van der Waals surface area contributed by atoms with Crippen LogP contribution in [0.25, 0.3) is 0 Å². The van der Waals surface area contributed by atoms with Gasteiger partial charge >= 0.3 is 5.97 Å². The summed E-state index contributed by atoms with van der Waals surface area (Å²) in [6.07, 6.45) is 4.88. The molecule has 2 rings (SSSR count). The van der Waals surface area contributed by atoms with Gasteiger partial charge in [0.15, 0.2) is 0 Å². The third-order valence-electron chi connectivity index (χ3n) is 4.04. The quantitative estimate of drug-likeness (QED) is 0.895. The summed E-state index contributed by atoms with van der Waals surface area (Å²) in [5.41, 5.74) is 1.28. The predicted molar refractivity (Wildman–Crippen MR) is 81.7 cm³/mol. The van der Waals surface area contributed by atoms with E-state index in [1.165, 1.54) is 0 Å². The second-order valence-corrected chi connectivity index (χ2v) is 6.08. The van der Waals surface area contributed by atoms with Crippen LogP contribution in [0.2, 0.25) is 5.02 Å². The van der Waals surface area contributed by atoms with Gasteiger partial charge in [0.05, 0.1) is 10.6 Å². The highest BCUT2D eigenvalue weighted by atomic mass is 35.5.